The van der Waals surface area contributed by atoms with E-state index < -0.39 is 0 Å². The van der Waals surface area contributed by atoms with Crippen molar-refractivity contribution in [1.29, 1.82) is 0 Å². The highest BCUT2D eigenvalue weighted by Crippen LogP contribution is 2.58. The first-order chi connectivity index (χ1) is 9.35. The fraction of sp³-hybridized carbons (Fsp3) is 1.00. The molecule has 0 heteroatoms. The van der Waals surface area contributed by atoms with Crippen LogP contribution in [0.3, 0.4) is 0 Å². The molecule has 0 radical (unpaired) electrons. The largest absolute Gasteiger partial charge is 0.0654 e. The summed E-state index contributed by atoms with van der Waals surface area (Å²) < 4.78 is 0. The maximum absolute atomic E-state index is 2.37. The maximum atomic E-state index is 2.37. The Morgan fingerprint density at radius 1 is 0.737 bits per heavy atom. The van der Waals surface area contributed by atoms with Gasteiger partial charge in [0.15, 0.2) is 0 Å². The average Bonchev–Trinajstić information content (AvgIpc) is 3.14. The predicted molar refractivity (Wildman–Crippen MR) is 83.2 cm³/mol. The Bertz CT molecular complexity index is 242. The van der Waals surface area contributed by atoms with Crippen molar-refractivity contribution in [3.8, 4) is 0 Å². The van der Waals surface area contributed by atoms with Crippen molar-refractivity contribution in [1.82, 2.24) is 0 Å². The Morgan fingerprint density at radius 3 is 1.63 bits per heavy atom. The van der Waals surface area contributed by atoms with Crippen LogP contribution in [0, 0.1) is 23.2 Å². The summed E-state index contributed by atoms with van der Waals surface area (Å²) in [6.07, 6.45) is 21.7. The van der Waals surface area contributed by atoms with Gasteiger partial charge in [0.05, 0.1) is 0 Å². The number of rotatable bonds is 4. The molecule has 0 heterocycles. The Balaban J connectivity index is 1.70. The average molecular weight is 262 g/mol. The van der Waals surface area contributed by atoms with E-state index in [9.17, 15) is 0 Å². The minimum absolute atomic E-state index is 0.817. The van der Waals surface area contributed by atoms with Crippen LogP contribution in [0.4, 0.5) is 0 Å². The molecule has 0 bridgehead atoms. The second kappa shape index (κ2) is 6.19. The van der Waals surface area contributed by atoms with E-state index in [1.54, 1.807) is 51.4 Å². The summed E-state index contributed by atoms with van der Waals surface area (Å²) in [5, 5.41) is 0. The summed E-state index contributed by atoms with van der Waals surface area (Å²) in [7, 11) is 0. The van der Waals surface area contributed by atoms with Gasteiger partial charge in [0, 0.05) is 0 Å². The van der Waals surface area contributed by atoms with Gasteiger partial charge in [-0.3, -0.25) is 0 Å². The molecule has 0 aromatic carbocycles. The molecule has 0 spiro atoms. The molecule has 0 aromatic heterocycles. The van der Waals surface area contributed by atoms with Gasteiger partial charge < -0.3 is 0 Å². The molecule has 0 nitrogen and oxygen atoms in total. The molecule has 0 amide bonds. The van der Waals surface area contributed by atoms with Crippen LogP contribution >= 0.6 is 0 Å². The van der Waals surface area contributed by atoms with Crippen molar-refractivity contribution in [2.45, 2.75) is 96.8 Å². The van der Waals surface area contributed by atoms with Gasteiger partial charge in [-0.05, 0) is 74.5 Å². The van der Waals surface area contributed by atoms with E-state index in [0.717, 1.165) is 23.2 Å². The third-order valence-corrected chi connectivity index (χ3v) is 7.07. The molecule has 3 aliphatic carbocycles. The zero-order valence-corrected chi connectivity index (χ0v) is 13.1. The van der Waals surface area contributed by atoms with E-state index in [-0.39, 0.29) is 0 Å². The van der Waals surface area contributed by atoms with Crippen LogP contribution in [0.1, 0.15) is 96.8 Å². The molecular weight excluding hydrogens is 228 g/mol. The highest BCUT2D eigenvalue weighted by atomic mass is 14.5. The fourth-order valence-electron chi connectivity index (χ4n) is 6.06. The number of hydrogen-bond donors (Lipinski definition) is 0. The van der Waals surface area contributed by atoms with E-state index in [1.807, 2.05) is 0 Å². The molecule has 0 aromatic rings. The van der Waals surface area contributed by atoms with Gasteiger partial charge in [-0.25, -0.2) is 0 Å². The van der Waals surface area contributed by atoms with Crippen LogP contribution in [0.15, 0.2) is 0 Å². The summed E-state index contributed by atoms with van der Waals surface area (Å²) in [5.74, 6) is 3.33. The van der Waals surface area contributed by atoms with Gasteiger partial charge in [-0.1, -0.05) is 45.4 Å². The Morgan fingerprint density at radius 2 is 1.21 bits per heavy atom. The third kappa shape index (κ3) is 2.74. The highest BCUT2D eigenvalue weighted by Gasteiger charge is 2.47. The lowest BCUT2D eigenvalue weighted by Gasteiger charge is -2.49. The molecule has 3 fully saturated rings. The van der Waals surface area contributed by atoms with Crippen molar-refractivity contribution in [2.24, 2.45) is 23.2 Å². The van der Waals surface area contributed by atoms with E-state index in [2.05, 4.69) is 6.92 Å². The Hall–Kier alpha value is 0. The first-order valence-electron chi connectivity index (χ1n) is 9.35. The zero-order chi connectivity index (χ0) is 13.1. The predicted octanol–water partition coefficient (Wildman–Crippen LogP) is 6.34. The lowest BCUT2D eigenvalue weighted by molar-refractivity contribution is 0.0105. The second-order valence-electron chi connectivity index (χ2n) is 7.93. The van der Waals surface area contributed by atoms with Gasteiger partial charge in [0.1, 0.15) is 0 Å². The van der Waals surface area contributed by atoms with Crippen LogP contribution < -0.4 is 0 Å². The SMILES string of the molecule is CCCC1CCC(C2CCCC2)(C2CCCC2)CC1. The van der Waals surface area contributed by atoms with Crippen LogP contribution in [0.5, 0.6) is 0 Å². The van der Waals surface area contributed by atoms with E-state index in [1.165, 1.54) is 38.5 Å². The Labute approximate surface area is 120 Å². The monoisotopic (exact) mass is 262 g/mol. The van der Waals surface area contributed by atoms with Crippen LogP contribution in [-0.4, -0.2) is 0 Å². The molecule has 3 saturated carbocycles. The van der Waals surface area contributed by atoms with E-state index >= 15 is 0 Å². The molecule has 19 heavy (non-hydrogen) atoms. The fourth-order valence-corrected chi connectivity index (χ4v) is 6.06. The molecule has 0 unspecified atom stereocenters. The first-order valence-corrected chi connectivity index (χ1v) is 9.35. The van der Waals surface area contributed by atoms with Crippen molar-refractivity contribution in [3.05, 3.63) is 0 Å². The van der Waals surface area contributed by atoms with Crippen LogP contribution in [-0.2, 0) is 0 Å². The van der Waals surface area contributed by atoms with Crippen molar-refractivity contribution in [3.63, 3.8) is 0 Å². The summed E-state index contributed by atoms with van der Waals surface area (Å²) in [4.78, 5) is 0. The summed E-state index contributed by atoms with van der Waals surface area (Å²) >= 11 is 0. The van der Waals surface area contributed by atoms with Crippen LogP contribution in [0.25, 0.3) is 0 Å². The van der Waals surface area contributed by atoms with E-state index in [4.69, 9.17) is 0 Å². The van der Waals surface area contributed by atoms with Gasteiger partial charge in [0.2, 0.25) is 0 Å². The molecule has 0 N–H and O–H groups in total. The molecule has 3 aliphatic rings. The third-order valence-electron chi connectivity index (χ3n) is 7.07. The minimum atomic E-state index is 0.817. The smallest absolute Gasteiger partial charge is 0.0241 e. The summed E-state index contributed by atoms with van der Waals surface area (Å²) in [5.41, 5.74) is 0.817. The van der Waals surface area contributed by atoms with Crippen LogP contribution in [0.2, 0.25) is 0 Å². The normalized spacial score (nSPS) is 30.2. The maximum Gasteiger partial charge on any atom is -0.0241 e. The quantitative estimate of drug-likeness (QED) is 0.554. The lowest BCUT2D eigenvalue weighted by Crippen LogP contribution is -2.39. The van der Waals surface area contributed by atoms with Gasteiger partial charge in [-0.2, -0.15) is 0 Å². The van der Waals surface area contributed by atoms with Crippen molar-refractivity contribution in [2.75, 3.05) is 0 Å². The molecule has 0 atom stereocenters. The topological polar surface area (TPSA) is 0 Å². The van der Waals surface area contributed by atoms with Gasteiger partial charge >= 0.3 is 0 Å². The molecule has 0 aliphatic heterocycles. The van der Waals surface area contributed by atoms with Crippen molar-refractivity contribution < 1.29 is 0 Å². The van der Waals surface area contributed by atoms with E-state index in [0.29, 0.717) is 0 Å². The standard InChI is InChI=1S/C19H34/c1-2-7-16-12-14-19(15-13-16,17-8-3-4-9-17)18-10-5-6-11-18/h16-18H,2-15H2,1H3. The highest BCUT2D eigenvalue weighted by molar-refractivity contribution is 4.98. The van der Waals surface area contributed by atoms with Gasteiger partial charge in [-0.15, -0.1) is 0 Å². The second-order valence-corrected chi connectivity index (χ2v) is 7.93. The van der Waals surface area contributed by atoms with Gasteiger partial charge in [0.25, 0.3) is 0 Å². The lowest BCUT2D eigenvalue weighted by atomic mass is 9.56. The molecule has 3 rings (SSSR count). The molecular formula is C19H34. The first kappa shape index (κ1) is 14.0. The number of hydrogen-bond acceptors (Lipinski definition) is 0. The molecule has 110 valence electrons. The Kier molecular flexibility index (Phi) is 4.54. The summed E-state index contributed by atoms with van der Waals surface area (Å²) in [6, 6.07) is 0. The molecule has 0 saturated heterocycles. The van der Waals surface area contributed by atoms with Crippen molar-refractivity contribution >= 4 is 0 Å². The zero-order valence-electron chi connectivity index (χ0n) is 13.1. The summed E-state index contributed by atoms with van der Waals surface area (Å²) in [6.45, 7) is 2.37. The minimum Gasteiger partial charge on any atom is -0.0654 e.